The Hall–Kier alpha value is -1.79. The second-order valence-electron chi connectivity index (χ2n) is 3.79. The van der Waals surface area contributed by atoms with Crippen molar-refractivity contribution in [1.29, 1.82) is 0 Å². The molecule has 0 aliphatic carbocycles. The minimum absolute atomic E-state index is 0.0155. The number of rotatable bonds is 7. The van der Waals surface area contributed by atoms with Crippen LogP contribution in [0.4, 0.5) is 0 Å². The van der Waals surface area contributed by atoms with E-state index in [-0.39, 0.29) is 24.2 Å². The summed E-state index contributed by atoms with van der Waals surface area (Å²) in [7, 11) is 0. The van der Waals surface area contributed by atoms with Crippen molar-refractivity contribution in [2.45, 2.75) is 27.2 Å². The van der Waals surface area contributed by atoms with E-state index in [9.17, 15) is 9.59 Å². The number of hydrogen-bond donors (Lipinski definition) is 3. The number of carbonyl (C=O) groups excluding carboxylic acids is 2. The summed E-state index contributed by atoms with van der Waals surface area (Å²) < 4.78 is 0. The summed E-state index contributed by atoms with van der Waals surface area (Å²) in [5, 5.41) is 14.1. The molecule has 7 heteroatoms. The van der Waals surface area contributed by atoms with Gasteiger partial charge >= 0.3 is 0 Å². The molecule has 0 fully saturated rings. The molecule has 0 aromatic carbocycles. The van der Waals surface area contributed by atoms with Gasteiger partial charge in [0.2, 0.25) is 11.8 Å². The van der Waals surface area contributed by atoms with E-state index in [0.717, 1.165) is 0 Å². The monoisotopic (exact) mass is 258 g/mol. The third-order valence-corrected chi connectivity index (χ3v) is 2.58. The molecule has 0 aliphatic rings. The fourth-order valence-electron chi connectivity index (χ4n) is 1.57. The molecular formula is C11H22N4O3. The summed E-state index contributed by atoms with van der Waals surface area (Å²) in [6.45, 7) is 6.24. The number of carbonyl (C=O) groups is 2. The largest absolute Gasteiger partial charge is 0.409 e. The van der Waals surface area contributed by atoms with Gasteiger partial charge in [-0.1, -0.05) is 12.1 Å². The normalized spacial score (nSPS) is 12.9. The molecule has 0 spiro atoms. The Labute approximate surface area is 107 Å². The van der Waals surface area contributed by atoms with Crippen LogP contribution in [0.5, 0.6) is 0 Å². The summed E-state index contributed by atoms with van der Waals surface area (Å²) in [5.74, 6) is -1.34. The average molecular weight is 258 g/mol. The molecule has 1 unspecified atom stereocenters. The van der Waals surface area contributed by atoms with Gasteiger partial charge in [0.25, 0.3) is 0 Å². The van der Waals surface area contributed by atoms with Crippen LogP contribution in [0.2, 0.25) is 0 Å². The third kappa shape index (κ3) is 4.60. The van der Waals surface area contributed by atoms with Gasteiger partial charge in [0.05, 0.1) is 12.5 Å². The van der Waals surface area contributed by atoms with Crippen molar-refractivity contribution < 1.29 is 14.8 Å². The van der Waals surface area contributed by atoms with E-state index in [0.29, 0.717) is 19.5 Å². The van der Waals surface area contributed by atoms with Crippen molar-refractivity contribution >= 4 is 17.6 Å². The van der Waals surface area contributed by atoms with E-state index in [1.807, 2.05) is 0 Å². The van der Waals surface area contributed by atoms with Crippen LogP contribution in [0.25, 0.3) is 0 Å². The highest BCUT2D eigenvalue weighted by molar-refractivity contribution is 6.02. The van der Waals surface area contributed by atoms with Crippen LogP contribution in [-0.4, -0.2) is 47.4 Å². The lowest BCUT2D eigenvalue weighted by Crippen LogP contribution is -2.46. The maximum atomic E-state index is 12.1. The number of amidine groups is 1. The summed E-state index contributed by atoms with van der Waals surface area (Å²) in [6, 6.07) is 0. The molecule has 104 valence electrons. The molecule has 0 aromatic rings. The zero-order valence-electron chi connectivity index (χ0n) is 11.1. The molecule has 0 rings (SSSR count). The maximum Gasteiger partial charge on any atom is 0.239 e. The average Bonchev–Trinajstić information content (AvgIpc) is 2.36. The predicted octanol–water partition coefficient (Wildman–Crippen LogP) is -0.256. The number of likely N-dealkylation sites (N-methyl/N-ethyl adjacent to an activating group) is 2. The van der Waals surface area contributed by atoms with Gasteiger partial charge in [-0.25, -0.2) is 0 Å². The topological polar surface area (TPSA) is 108 Å². The van der Waals surface area contributed by atoms with Crippen molar-refractivity contribution in [3.8, 4) is 0 Å². The standard InChI is InChI=1S/C11H22N4O3/c1-4-8(10(12)14-18)11(17)15(6-3)7-9(16)13-5-2/h8,18H,4-7H2,1-3H3,(H2,12,14)(H,13,16). The number of amides is 2. The Balaban J connectivity index is 4.73. The van der Waals surface area contributed by atoms with Crippen LogP contribution in [0.3, 0.4) is 0 Å². The van der Waals surface area contributed by atoms with Crippen LogP contribution in [0.15, 0.2) is 5.16 Å². The first-order chi connectivity index (χ1) is 8.51. The van der Waals surface area contributed by atoms with Crippen LogP contribution in [-0.2, 0) is 9.59 Å². The maximum absolute atomic E-state index is 12.1. The Bertz CT molecular complexity index is 317. The van der Waals surface area contributed by atoms with Crippen molar-refractivity contribution in [2.75, 3.05) is 19.6 Å². The third-order valence-electron chi connectivity index (χ3n) is 2.58. The summed E-state index contributed by atoms with van der Waals surface area (Å²) in [4.78, 5) is 25.0. The Morgan fingerprint density at radius 1 is 1.39 bits per heavy atom. The second-order valence-corrected chi connectivity index (χ2v) is 3.79. The van der Waals surface area contributed by atoms with Crippen LogP contribution in [0.1, 0.15) is 27.2 Å². The van der Waals surface area contributed by atoms with Gasteiger partial charge in [-0.3, -0.25) is 9.59 Å². The number of hydrogen-bond acceptors (Lipinski definition) is 4. The molecule has 2 amide bonds. The SMILES string of the molecule is CCNC(=O)CN(CC)C(=O)C(CC)C(N)=NO. The minimum Gasteiger partial charge on any atom is -0.409 e. The number of nitrogens with one attached hydrogen (secondary N) is 1. The molecule has 0 aliphatic heterocycles. The van der Waals surface area contributed by atoms with Crippen molar-refractivity contribution in [1.82, 2.24) is 10.2 Å². The summed E-state index contributed by atoms with van der Waals surface area (Å²) in [6.07, 6.45) is 0.417. The highest BCUT2D eigenvalue weighted by Gasteiger charge is 2.26. The molecule has 18 heavy (non-hydrogen) atoms. The highest BCUT2D eigenvalue weighted by Crippen LogP contribution is 2.08. The number of nitrogens with two attached hydrogens (primary N) is 1. The van der Waals surface area contributed by atoms with E-state index in [1.54, 1.807) is 20.8 Å². The summed E-state index contributed by atoms with van der Waals surface area (Å²) in [5.41, 5.74) is 5.46. The molecule has 1 atom stereocenters. The molecule has 0 radical (unpaired) electrons. The quantitative estimate of drug-likeness (QED) is 0.253. The lowest BCUT2D eigenvalue weighted by Gasteiger charge is -2.24. The number of oxime groups is 1. The first kappa shape index (κ1) is 16.2. The van der Waals surface area contributed by atoms with Gasteiger partial charge in [0.1, 0.15) is 0 Å². The van der Waals surface area contributed by atoms with Gasteiger partial charge in [0.15, 0.2) is 5.84 Å². The van der Waals surface area contributed by atoms with Gasteiger partial charge in [-0.05, 0) is 20.3 Å². The predicted molar refractivity (Wildman–Crippen MR) is 68.1 cm³/mol. The lowest BCUT2D eigenvalue weighted by atomic mass is 10.0. The van der Waals surface area contributed by atoms with Crippen molar-refractivity contribution in [3.63, 3.8) is 0 Å². The molecule has 0 saturated carbocycles. The zero-order chi connectivity index (χ0) is 14.1. The lowest BCUT2D eigenvalue weighted by molar-refractivity contribution is -0.137. The van der Waals surface area contributed by atoms with Gasteiger partial charge in [-0.2, -0.15) is 0 Å². The zero-order valence-corrected chi connectivity index (χ0v) is 11.1. The minimum atomic E-state index is -0.690. The molecule has 0 saturated heterocycles. The molecule has 0 heterocycles. The van der Waals surface area contributed by atoms with E-state index < -0.39 is 5.92 Å². The van der Waals surface area contributed by atoms with E-state index in [2.05, 4.69) is 10.5 Å². The summed E-state index contributed by atoms with van der Waals surface area (Å²) >= 11 is 0. The van der Waals surface area contributed by atoms with Crippen LogP contribution < -0.4 is 11.1 Å². The molecule has 0 bridgehead atoms. The van der Waals surface area contributed by atoms with Crippen LogP contribution in [0, 0.1) is 5.92 Å². The van der Waals surface area contributed by atoms with Gasteiger partial charge in [0, 0.05) is 13.1 Å². The molecule has 4 N–H and O–H groups in total. The number of nitrogens with zero attached hydrogens (tertiary/aromatic N) is 2. The van der Waals surface area contributed by atoms with Crippen molar-refractivity contribution in [2.24, 2.45) is 16.8 Å². The van der Waals surface area contributed by atoms with E-state index in [1.165, 1.54) is 4.90 Å². The fraction of sp³-hybridized carbons (Fsp3) is 0.727. The Morgan fingerprint density at radius 2 is 2.00 bits per heavy atom. The smallest absolute Gasteiger partial charge is 0.239 e. The van der Waals surface area contributed by atoms with Crippen LogP contribution >= 0.6 is 0 Å². The second kappa shape index (κ2) is 8.32. The van der Waals surface area contributed by atoms with Crippen molar-refractivity contribution in [3.05, 3.63) is 0 Å². The Morgan fingerprint density at radius 3 is 2.39 bits per heavy atom. The highest BCUT2D eigenvalue weighted by atomic mass is 16.4. The Kier molecular flexibility index (Phi) is 7.50. The molecule has 0 aromatic heterocycles. The first-order valence-electron chi connectivity index (χ1n) is 6.04. The fourth-order valence-corrected chi connectivity index (χ4v) is 1.57. The molecular weight excluding hydrogens is 236 g/mol. The van der Waals surface area contributed by atoms with Gasteiger partial charge in [-0.15, -0.1) is 0 Å². The molecule has 7 nitrogen and oxygen atoms in total. The van der Waals surface area contributed by atoms with E-state index in [4.69, 9.17) is 10.9 Å². The van der Waals surface area contributed by atoms with E-state index >= 15 is 0 Å². The first-order valence-corrected chi connectivity index (χ1v) is 6.04. The van der Waals surface area contributed by atoms with Gasteiger partial charge < -0.3 is 21.2 Å².